The molecule has 2 aromatic rings. The van der Waals surface area contributed by atoms with Gasteiger partial charge in [0.2, 0.25) is 0 Å². The summed E-state index contributed by atoms with van der Waals surface area (Å²) in [5.74, 6) is 0.103. The lowest BCUT2D eigenvalue weighted by atomic mass is 10.0. The number of aromatic nitrogens is 3. The van der Waals surface area contributed by atoms with Gasteiger partial charge in [0.25, 0.3) is 5.91 Å². The van der Waals surface area contributed by atoms with Crippen LogP contribution in [-0.2, 0) is 6.54 Å². The number of rotatable bonds is 4. The number of likely N-dealkylation sites (tertiary alicyclic amines) is 1. The van der Waals surface area contributed by atoms with Crippen LogP contribution in [0.2, 0.25) is 0 Å². The zero-order valence-electron chi connectivity index (χ0n) is 13.7. The molecule has 0 saturated carbocycles. The normalized spacial score (nSPS) is 18.4. The molecule has 1 aliphatic rings. The van der Waals surface area contributed by atoms with Gasteiger partial charge in [-0.1, -0.05) is 12.1 Å². The fourth-order valence-electron chi connectivity index (χ4n) is 3.06. The summed E-state index contributed by atoms with van der Waals surface area (Å²) < 4.78 is 1.86. The van der Waals surface area contributed by atoms with Crippen molar-refractivity contribution < 1.29 is 4.79 Å². The Morgan fingerprint density at radius 1 is 1.30 bits per heavy atom. The lowest BCUT2D eigenvalue weighted by molar-refractivity contribution is 0.0672. The van der Waals surface area contributed by atoms with Crippen LogP contribution in [0.1, 0.15) is 34.8 Å². The molecule has 1 aromatic carbocycles. The summed E-state index contributed by atoms with van der Waals surface area (Å²) in [4.78, 5) is 20.8. The van der Waals surface area contributed by atoms with Crippen LogP contribution in [0.25, 0.3) is 0 Å². The highest BCUT2D eigenvalue weighted by molar-refractivity contribution is 5.94. The van der Waals surface area contributed by atoms with Gasteiger partial charge >= 0.3 is 0 Å². The molecular formula is C17H23N5O. The lowest BCUT2D eigenvalue weighted by Crippen LogP contribution is -2.40. The minimum Gasteiger partial charge on any atom is -0.337 e. The summed E-state index contributed by atoms with van der Waals surface area (Å²) in [5.41, 5.74) is 1.97. The fourth-order valence-corrected chi connectivity index (χ4v) is 3.06. The van der Waals surface area contributed by atoms with Gasteiger partial charge in [-0.15, -0.1) is 0 Å². The van der Waals surface area contributed by atoms with Crippen LogP contribution in [0.5, 0.6) is 0 Å². The molecule has 1 aliphatic heterocycles. The van der Waals surface area contributed by atoms with Crippen LogP contribution in [-0.4, -0.2) is 57.7 Å². The van der Waals surface area contributed by atoms with E-state index in [4.69, 9.17) is 0 Å². The topological polar surface area (TPSA) is 54.3 Å². The molecule has 0 radical (unpaired) electrons. The smallest absolute Gasteiger partial charge is 0.253 e. The van der Waals surface area contributed by atoms with Gasteiger partial charge in [-0.05, 0) is 44.6 Å². The van der Waals surface area contributed by atoms with Crippen molar-refractivity contribution in [1.29, 1.82) is 0 Å². The highest BCUT2D eigenvalue weighted by Gasteiger charge is 2.25. The SMILES string of the molecule is CN(C)Cc1ccc(C(=O)N2CCC[C@@H](n3cncn3)C2)cc1. The van der Waals surface area contributed by atoms with E-state index in [1.807, 2.05) is 47.9 Å². The van der Waals surface area contributed by atoms with Crippen LogP contribution >= 0.6 is 0 Å². The molecule has 1 fully saturated rings. The van der Waals surface area contributed by atoms with E-state index in [0.29, 0.717) is 6.54 Å². The summed E-state index contributed by atoms with van der Waals surface area (Å²) in [7, 11) is 4.08. The van der Waals surface area contributed by atoms with E-state index in [9.17, 15) is 4.79 Å². The Balaban J connectivity index is 1.67. The van der Waals surface area contributed by atoms with Crippen LogP contribution in [0.15, 0.2) is 36.9 Å². The van der Waals surface area contributed by atoms with Crippen LogP contribution in [0.3, 0.4) is 0 Å². The Kier molecular flexibility index (Phi) is 4.71. The Bertz CT molecular complexity index is 636. The predicted octanol–water partition coefficient (Wildman–Crippen LogP) is 1.82. The Morgan fingerprint density at radius 2 is 2.09 bits per heavy atom. The third kappa shape index (κ3) is 3.76. The van der Waals surface area contributed by atoms with E-state index >= 15 is 0 Å². The molecule has 23 heavy (non-hydrogen) atoms. The maximum absolute atomic E-state index is 12.7. The van der Waals surface area contributed by atoms with Gasteiger partial charge in [-0.25, -0.2) is 9.67 Å². The number of hydrogen-bond donors (Lipinski definition) is 0. The molecule has 6 nitrogen and oxygen atoms in total. The number of amides is 1. The maximum atomic E-state index is 12.7. The molecule has 122 valence electrons. The fraction of sp³-hybridized carbons (Fsp3) is 0.471. The van der Waals surface area contributed by atoms with Gasteiger partial charge in [0.05, 0.1) is 6.04 Å². The second-order valence-corrected chi connectivity index (χ2v) is 6.36. The first-order valence-corrected chi connectivity index (χ1v) is 8.00. The molecule has 0 bridgehead atoms. The molecule has 2 heterocycles. The van der Waals surface area contributed by atoms with Crippen molar-refractivity contribution in [2.45, 2.75) is 25.4 Å². The molecule has 3 rings (SSSR count). The Morgan fingerprint density at radius 3 is 2.74 bits per heavy atom. The summed E-state index contributed by atoms with van der Waals surface area (Å²) in [6.45, 7) is 2.39. The average molecular weight is 313 g/mol. The molecule has 6 heteroatoms. The molecular weight excluding hydrogens is 290 g/mol. The van der Waals surface area contributed by atoms with Gasteiger partial charge in [-0.3, -0.25) is 4.79 Å². The zero-order chi connectivity index (χ0) is 16.2. The summed E-state index contributed by atoms with van der Waals surface area (Å²) in [6, 6.07) is 8.15. The van der Waals surface area contributed by atoms with Crippen molar-refractivity contribution in [2.24, 2.45) is 0 Å². The first-order valence-electron chi connectivity index (χ1n) is 8.00. The summed E-state index contributed by atoms with van der Waals surface area (Å²) >= 11 is 0. The van der Waals surface area contributed by atoms with E-state index in [0.717, 1.165) is 31.5 Å². The standard InChI is InChI=1S/C17H23N5O/c1-20(2)10-14-5-7-15(8-6-14)17(23)21-9-3-4-16(11-21)22-13-18-12-19-22/h5-8,12-13,16H,3-4,9-11H2,1-2H3/t16-/m1/s1. The number of carbonyl (C=O) groups is 1. The highest BCUT2D eigenvalue weighted by atomic mass is 16.2. The van der Waals surface area contributed by atoms with Crippen molar-refractivity contribution >= 4 is 5.91 Å². The first kappa shape index (κ1) is 15.7. The maximum Gasteiger partial charge on any atom is 0.253 e. The molecule has 1 atom stereocenters. The highest BCUT2D eigenvalue weighted by Crippen LogP contribution is 2.22. The molecule has 0 N–H and O–H groups in total. The van der Waals surface area contributed by atoms with Gasteiger partial charge in [0.15, 0.2) is 0 Å². The molecule has 1 saturated heterocycles. The van der Waals surface area contributed by atoms with E-state index in [1.54, 1.807) is 12.7 Å². The minimum atomic E-state index is 0.103. The van der Waals surface area contributed by atoms with Gasteiger partial charge in [0.1, 0.15) is 12.7 Å². The van der Waals surface area contributed by atoms with Gasteiger partial charge in [-0.2, -0.15) is 5.10 Å². The number of carbonyl (C=O) groups excluding carboxylic acids is 1. The van der Waals surface area contributed by atoms with Crippen molar-refractivity contribution in [3.63, 3.8) is 0 Å². The first-order chi connectivity index (χ1) is 11.1. The molecule has 1 aromatic heterocycles. The van der Waals surface area contributed by atoms with Crippen molar-refractivity contribution in [3.05, 3.63) is 48.0 Å². The third-order valence-electron chi connectivity index (χ3n) is 4.19. The molecule has 1 amide bonds. The molecule has 0 spiro atoms. The summed E-state index contributed by atoms with van der Waals surface area (Å²) in [6.07, 6.45) is 5.31. The number of hydrogen-bond acceptors (Lipinski definition) is 4. The zero-order valence-corrected chi connectivity index (χ0v) is 13.7. The molecule has 0 unspecified atom stereocenters. The Labute approximate surface area is 136 Å². The van der Waals surface area contributed by atoms with Crippen molar-refractivity contribution in [1.82, 2.24) is 24.6 Å². The van der Waals surface area contributed by atoms with Crippen LogP contribution in [0.4, 0.5) is 0 Å². The van der Waals surface area contributed by atoms with Crippen LogP contribution in [0, 0.1) is 0 Å². The molecule has 0 aliphatic carbocycles. The van der Waals surface area contributed by atoms with E-state index in [-0.39, 0.29) is 11.9 Å². The Hall–Kier alpha value is -2.21. The van der Waals surface area contributed by atoms with Crippen molar-refractivity contribution in [2.75, 3.05) is 27.2 Å². The predicted molar refractivity (Wildman–Crippen MR) is 88.0 cm³/mol. The van der Waals surface area contributed by atoms with E-state index in [1.165, 1.54) is 5.56 Å². The number of piperidine rings is 1. The minimum absolute atomic E-state index is 0.103. The number of benzene rings is 1. The quantitative estimate of drug-likeness (QED) is 0.864. The number of nitrogens with zero attached hydrogens (tertiary/aromatic N) is 5. The second kappa shape index (κ2) is 6.91. The monoisotopic (exact) mass is 313 g/mol. The third-order valence-corrected chi connectivity index (χ3v) is 4.19. The van der Waals surface area contributed by atoms with Crippen molar-refractivity contribution in [3.8, 4) is 0 Å². The largest absolute Gasteiger partial charge is 0.337 e. The second-order valence-electron chi connectivity index (χ2n) is 6.36. The van der Waals surface area contributed by atoms with Crippen LogP contribution < -0.4 is 0 Å². The summed E-state index contributed by atoms with van der Waals surface area (Å²) in [5, 5.41) is 4.21. The van der Waals surface area contributed by atoms with Gasteiger partial charge < -0.3 is 9.80 Å². The van der Waals surface area contributed by atoms with E-state index in [2.05, 4.69) is 15.0 Å². The van der Waals surface area contributed by atoms with Gasteiger partial charge in [0, 0.05) is 25.2 Å². The lowest BCUT2D eigenvalue weighted by Gasteiger charge is -2.32. The van der Waals surface area contributed by atoms with E-state index < -0.39 is 0 Å². The average Bonchev–Trinajstić information content (AvgIpc) is 3.09.